The van der Waals surface area contributed by atoms with Crippen molar-refractivity contribution in [2.75, 3.05) is 0 Å². The van der Waals surface area contributed by atoms with E-state index in [2.05, 4.69) is 0 Å². The van der Waals surface area contributed by atoms with Crippen molar-refractivity contribution in [2.45, 2.75) is 77.0 Å². The molecule has 0 N–H and O–H groups in total. The van der Waals surface area contributed by atoms with E-state index in [1.807, 2.05) is 48.5 Å². The molecule has 0 aliphatic heterocycles. The first-order chi connectivity index (χ1) is 14.6. The Morgan fingerprint density at radius 1 is 0.467 bits per heavy atom. The lowest BCUT2D eigenvalue weighted by atomic mass is 10.0. The molecule has 2 rings (SSSR count). The molecule has 0 aliphatic rings. The van der Waals surface area contributed by atoms with Crippen molar-refractivity contribution in [3.05, 3.63) is 70.8 Å². The van der Waals surface area contributed by atoms with Gasteiger partial charge in [0.2, 0.25) is 0 Å². The molecule has 0 radical (unpaired) electrons. The lowest BCUT2D eigenvalue weighted by molar-refractivity contribution is 0.107. The minimum Gasteiger partial charge on any atom is -0.276 e. The van der Waals surface area contributed by atoms with Gasteiger partial charge in [-0.05, 0) is 84.3 Å². The number of hydrogen-bond donors (Lipinski definition) is 0. The molecule has 0 atom stereocenters. The van der Waals surface area contributed by atoms with Gasteiger partial charge in [0.05, 0.1) is 0 Å². The van der Waals surface area contributed by atoms with Gasteiger partial charge in [-0.25, -0.2) is 0 Å². The van der Waals surface area contributed by atoms with Crippen LogP contribution in [0.25, 0.3) is 0 Å². The fourth-order valence-electron chi connectivity index (χ4n) is 3.68. The highest BCUT2D eigenvalue weighted by atomic mass is 35.5. The Morgan fingerprint density at radius 3 is 1.00 bits per heavy atom. The second kappa shape index (κ2) is 14.4. The molecule has 0 fully saturated rings. The minimum atomic E-state index is -0.391. The molecule has 0 bridgehead atoms. The molecule has 30 heavy (non-hydrogen) atoms. The highest BCUT2D eigenvalue weighted by molar-refractivity contribution is 6.68. The zero-order valence-electron chi connectivity index (χ0n) is 17.7. The first-order valence-electron chi connectivity index (χ1n) is 11.1. The number of rotatable bonds is 15. The van der Waals surface area contributed by atoms with Crippen molar-refractivity contribution in [3.63, 3.8) is 0 Å². The maximum atomic E-state index is 11.1. The predicted molar refractivity (Wildman–Crippen MR) is 127 cm³/mol. The van der Waals surface area contributed by atoms with Crippen molar-refractivity contribution in [2.24, 2.45) is 0 Å². The summed E-state index contributed by atoms with van der Waals surface area (Å²) in [7, 11) is 0. The molecular weight excluding hydrogens is 415 g/mol. The van der Waals surface area contributed by atoms with Crippen LogP contribution in [-0.2, 0) is 12.8 Å². The Hall–Kier alpha value is -1.64. The Morgan fingerprint density at radius 2 is 0.733 bits per heavy atom. The van der Waals surface area contributed by atoms with Gasteiger partial charge in [0.25, 0.3) is 10.5 Å². The second-order valence-electron chi connectivity index (χ2n) is 7.98. The van der Waals surface area contributed by atoms with E-state index in [4.69, 9.17) is 23.2 Å². The van der Waals surface area contributed by atoms with Crippen molar-refractivity contribution >= 4 is 33.7 Å². The number of carbonyl (C=O) groups is 2. The number of aryl methyl sites for hydroxylation is 2. The van der Waals surface area contributed by atoms with Gasteiger partial charge in [0, 0.05) is 11.1 Å². The van der Waals surface area contributed by atoms with Gasteiger partial charge in [-0.1, -0.05) is 75.6 Å². The van der Waals surface area contributed by atoms with Crippen LogP contribution in [0.5, 0.6) is 0 Å². The van der Waals surface area contributed by atoms with Crippen LogP contribution >= 0.6 is 23.2 Å². The average molecular weight is 447 g/mol. The van der Waals surface area contributed by atoms with Crippen LogP contribution in [0.15, 0.2) is 48.5 Å². The minimum absolute atomic E-state index is 0.391. The van der Waals surface area contributed by atoms with Crippen LogP contribution in [0, 0.1) is 0 Å². The number of benzene rings is 2. The number of halogens is 2. The van der Waals surface area contributed by atoms with E-state index < -0.39 is 10.5 Å². The third kappa shape index (κ3) is 9.91. The van der Waals surface area contributed by atoms with Gasteiger partial charge in [0.15, 0.2) is 0 Å². The summed E-state index contributed by atoms with van der Waals surface area (Å²) in [5.41, 5.74) is 3.69. The van der Waals surface area contributed by atoms with Crippen molar-refractivity contribution in [3.8, 4) is 0 Å². The molecule has 162 valence electrons. The molecule has 0 saturated carbocycles. The molecule has 2 aromatic carbocycles. The quantitative estimate of drug-likeness (QED) is 0.204. The lowest BCUT2D eigenvalue weighted by Crippen LogP contribution is -1.91. The van der Waals surface area contributed by atoms with Crippen LogP contribution < -0.4 is 0 Å². The van der Waals surface area contributed by atoms with E-state index in [1.165, 1.54) is 75.3 Å². The molecule has 2 aromatic rings. The molecule has 0 aromatic heterocycles. The van der Waals surface area contributed by atoms with Crippen LogP contribution in [-0.4, -0.2) is 10.5 Å². The van der Waals surface area contributed by atoms with E-state index >= 15 is 0 Å². The van der Waals surface area contributed by atoms with E-state index in [9.17, 15) is 9.59 Å². The summed E-state index contributed by atoms with van der Waals surface area (Å²) in [5.74, 6) is 0. The highest BCUT2D eigenvalue weighted by Gasteiger charge is 2.02. The van der Waals surface area contributed by atoms with Gasteiger partial charge in [-0.2, -0.15) is 0 Å². The summed E-state index contributed by atoms with van der Waals surface area (Å²) in [5, 5.41) is -0.782. The van der Waals surface area contributed by atoms with Crippen molar-refractivity contribution in [1.82, 2.24) is 0 Å². The molecule has 0 saturated heterocycles. The van der Waals surface area contributed by atoms with Crippen LogP contribution in [0.2, 0.25) is 0 Å². The predicted octanol–water partition coefficient (Wildman–Crippen LogP) is 8.13. The van der Waals surface area contributed by atoms with Gasteiger partial charge in [-0.3, -0.25) is 9.59 Å². The number of carbonyl (C=O) groups excluding carboxylic acids is 2. The van der Waals surface area contributed by atoms with Gasteiger partial charge >= 0.3 is 0 Å². The summed E-state index contributed by atoms with van der Waals surface area (Å²) in [6.07, 6.45) is 15.0. The normalized spacial score (nSPS) is 10.9. The molecule has 0 spiro atoms. The van der Waals surface area contributed by atoms with E-state index in [-0.39, 0.29) is 0 Å². The zero-order chi connectivity index (χ0) is 21.6. The largest absolute Gasteiger partial charge is 0.276 e. The van der Waals surface area contributed by atoms with Crippen LogP contribution in [0.4, 0.5) is 0 Å². The number of hydrogen-bond acceptors (Lipinski definition) is 2. The summed E-state index contributed by atoms with van der Waals surface area (Å²) >= 11 is 10.9. The summed E-state index contributed by atoms with van der Waals surface area (Å²) in [6, 6.07) is 15.3. The fourth-order valence-corrected chi connectivity index (χ4v) is 3.93. The third-order valence-corrected chi connectivity index (χ3v) is 5.98. The second-order valence-corrected chi connectivity index (χ2v) is 8.66. The Balaban J connectivity index is 1.39. The summed E-state index contributed by atoms with van der Waals surface area (Å²) in [6.45, 7) is 0. The van der Waals surface area contributed by atoms with Crippen LogP contribution in [0.1, 0.15) is 96.1 Å². The molecule has 0 amide bonds. The monoisotopic (exact) mass is 446 g/mol. The van der Waals surface area contributed by atoms with E-state index in [0.717, 1.165) is 12.8 Å². The summed E-state index contributed by atoms with van der Waals surface area (Å²) < 4.78 is 0. The zero-order valence-corrected chi connectivity index (χ0v) is 19.2. The maximum absolute atomic E-state index is 11.1. The highest BCUT2D eigenvalue weighted by Crippen LogP contribution is 2.15. The first kappa shape index (κ1) is 24.6. The van der Waals surface area contributed by atoms with Gasteiger partial charge in [-0.15, -0.1) is 0 Å². The van der Waals surface area contributed by atoms with Crippen LogP contribution in [0.3, 0.4) is 0 Å². The van der Waals surface area contributed by atoms with Crippen molar-refractivity contribution in [1.29, 1.82) is 0 Å². The standard InChI is InChI=1S/C26H32Cl2O2/c27-25(29)23-17-13-21(14-18-23)11-9-7-5-3-1-2-4-6-8-10-12-22-15-19-24(20-16-22)26(28)30/h13-20H,1-12H2. The molecule has 0 heterocycles. The molecular formula is C26H32Cl2O2. The lowest BCUT2D eigenvalue weighted by Gasteiger charge is -2.05. The summed E-state index contributed by atoms with van der Waals surface area (Å²) in [4.78, 5) is 22.1. The van der Waals surface area contributed by atoms with Gasteiger partial charge in [0.1, 0.15) is 0 Å². The third-order valence-electron chi connectivity index (χ3n) is 5.54. The molecule has 4 heteroatoms. The van der Waals surface area contributed by atoms with Gasteiger partial charge < -0.3 is 0 Å². The molecule has 2 nitrogen and oxygen atoms in total. The van der Waals surface area contributed by atoms with E-state index in [1.54, 1.807) is 0 Å². The Bertz CT molecular complexity index is 699. The Labute approximate surface area is 191 Å². The SMILES string of the molecule is O=C(Cl)c1ccc(CCCCCCCCCCCCc2ccc(C(=O)Cl)cc2)cc1. The maximum Gasteiger partial charge on any atom is 0.252 e. The number of unbranched alkanes of at least 4 members (excludes halogenated alkanes) is 9. The molecule has 0 unspecified atom stereocenters. The Kier molecular flexibility index (Phi) is 11.8. The molecule has 0 aliphatic carbocycles. The average Bonchev–Trinajstić information content (AvgIpc) is 2.75. The van der Waals surface area contributed by atoms with E-state index in [0.29, 0.717) is 11.1 Å². The first-order valence-corrected chi connectivity index (χ1v) is 11.9. The van der Waals surface area contributed by atoms with Crippen molar-refractivity contribution < 1.29 is 9.59 Å². The topological polar surface area (TPSA) is 34.1 Å². The smallest absolute Gasteiger partial charge is 0.252 e. The fraction of sp³-hybridized carbons (Fsp3) is 0.462.